The van der Waals surface area contributed by atoms with Gasteiger partial charge in [-0.15, -0.1) is 0 Å². The van der Waals surface area contributed by atoms with Gasteiger partial charge in [-0.05, 0) is 29.7 Å². The minimum atomic E-state index is -1.51. The Labute approximate surface area is 160 Å². The van der Waals surface area contributed by atoms with Crippen LogP contribution < -0.4 is 0 Å². The second kappa shape index (κ2) is 8.81. The molecule has 0 heterocycles. The number of methoxy groups -OCH3 is 1. The number of esters is 2. The van der Waals surface area contributed by atoms with E-state index in [2.05, 4.69) is 4.74 Å². The number of carboxylic acid groups (broad SMARTS) is 2. The van der Waals surface area contributed by atoms with Crippen molar-refractivity contribution in [2.45, 2.75) is 20.0 Å². The van der Waals surface area contributed by atoms with Crippen molar-refractivity contribution in [3.63, 3.8) is 0 Å². The van der Waals surface area contributed by atoms with Gasteiger partial charge in [-0.3, -0.25) is 0 Å². The largest absolute Gasteiger partial charge is 0.478 e. The molecule has 2 N–H and O–H groups in total. The molecule has 0 radical (unpaired) electrons. The van der Waals surface area contributed by atoms with E-state index < -0.39 is 46.1 Å². The summed E-state index contributed by atoms with van der Waals surface area (Å²) in [6.07, 6.45) is 0.854. The van der Waals surface area contributed by atoms with E-state index in [1.807, 2.05) is 19.1 Å². The Morgan fingerprint density at radius 2 is 1.25 bits per heavy atom. The van der Waals surface area contributed by atoms with Gasteiger partial charge in [0.1, 0.15) is 6.61 Å². The number of aryl methyl sites for hydroxylation is 1. The molecule has 0 spiro atoms. The van der Waals surface area contributed by atoms with Crippen molar-refractivity contribution >= 4 is 23.9 Å². The lowest BCUT2D eigenvalue weighted by molar-refractivity contribution is 0.0462. The van der Waals surface area contributed by atoms with Gasteiger partial charge in [0, 0.05) is 0 Å². The van der Waals surface area contributed by atoms with Crippen LogP contribution in [0.2, 0.25) is 0 Å². The van der Waals surface area contributed by atoms with Crippen molar-refractivity contribution in [2.75, 3.05) is 7.11 Å². The van der Waals surface area contributed by atoms with E-state index in [-0.39, 0.29) is 6.61 Å². The van der Waals surface area contributed by atoms with Gasteiger partial charge in [0.2, 0.25) is 0 Å². The lowest BCUT2D eigenvalue weighted by atomic mass is 9.98. The van der Waals surface area contributed by atoms with Crippen molar-refractivity contribution < 1.29 is 38.9 Å². The smallest absolute Gasteiger partial charge is 0.339 e. The summed E-state index contributed by atoms with van der Waals surface area (Å²) < 4.78 is 9.60. The third-order valence-electron chi connectivity index (χ3n) is 4.04. The highest BCUT2D eigenvalue weighted by atomic mass is 16.5. The molecule has 0 aliphatic heterocycles. The third kappa shape index (κ3) is 4.53. The monoisotopic (exact) mass is 386 g/mol. The molecule has 0 saturated carbocycles. The molecular weight excluding hydrogens is 368 g/mol. The van der Waals surface area contributed by atoms with Gasteiger partial charge in [0.25, 0.3) is 0 Å². The molecule has 8 nitrogen and oxygen atoms in total. The van der Waals surface area contributed by atoms with Crippen molar-refractivity contribution in [3.8, 4) is 0 Å². The molecule has 0 saturated heterocycles. The predicted molar refractivity (Wildman–Crippen MR) is 96.6 cm³/mol. The molecule has 2 rings (SSSR count). The average molecular weight is 386 g/mol. The van der Waals surface area contributed by atoms with E-state index in [1.165, 1.54) is 0 Å². The normalized spacial score (nSPS) is 10.2. The minimum absolute atomic E-state index is 0.122. The molecule has 0 aromatic heterocycles. The van der Waals surface area contributed by atoms with Gasteiger partial charge in [-0.25, -0.2) is 19.2 Å². The van der Waals surface area contributed by atoms with Crippen molar-refractivity contribution in [2.24, 2.45) is 0 Å². The Kier molecular flexibility index (Phi) is 6.49. The van der Waals surface area contributed by atoms with Crippen LogP contribution >= 0.6 is 0 Å². The summed E-state index contributed by atoms with van der Waals surface area (Å²) in [4.78, 5) is 47.1. The summed E-state index contributed by atoms with van der Waals surface area (Å²) in [5, 5.41) is 18.7. The maximum atomic E-state index is 12.4. The van der Waals surface area contributed by atoms with Crippen LogP contribution in [0.5, 0.6) is 0 Å². The molecule has 0 atom stereocenters. The minimum Gasteiger partial charge on any atom is -0.478 e. The highest BCUT2D eigenvalue weighted by Gasteiger charge is 2.26. The molecule has 0 fully saturated rings. The SMILES string of the molecule is CCc1ccc(COC(=O)c2cc(C(=O)O)c(C(=O)OC)cc2C(=O)O)cc1. The number of rotatable bonds is 7. The summed E-state index contributed by atoms with van der Waals surface area (Å²) >= 11 is 0. The topological polar surface area (TPSA) is 127 Å². The average Bonchev–Trinajstić information content (AvgIpc) is 2.70. The first-order valence-electron chi connectivity index (χ1n) is 8.26. The molecule has 0 bridgehead atoms. The number of aromatic carboxylic acids is 2. The fourth-order valence-corrected chi connectivity index (χ4v) is 2.50. The first-order valence-corrected chi connectivity index (χ1v) is 8.26. The van der Waals surface area contributed by atoms with Crippen molar-refractivity contribution in [3.05, 3.63) is 69.8 Å². The van der Waals surface area contributed by atoms with Crippen LogP contribution in [0, 0.1) is 0 Å². The molecule has 0 aliphatic rings. The van der Waals surface area contributed by atoms with Crippen LogP contribution in [0.1, 0.15) is 59.5 Å². The predicted octanol–water partition coefficient (Wildman–Crippen LogP) is 2.79. The maximum absolute atomic E-state index is 12.4. The van der Waals surface area contributed by atoms with Gasteiger partial charge >= 0.3 is 23.9 Å². The molecular formula is C20H18O8. The highest BCUT2D eigenvalue weighted by Crippen LogP contribution is 2.21. The number of benzene rings is 2. The van der Waals surface area contributed by atoms with E-state index in [4.69, 9.17) is 4.74 Å². The summed E-state index contributed by atoms with van der Waals surface area (Å²) in [7, 11) is 1.03. The van der Waals surface area contributed by atoms with E-state index in [0.29, 0.717) is 5.56 Å². The first kappa shape index (κ1) is 20.6. The van der Waals surface area contributed by atoms with Crippen LogP contribution in [0.3, 0.4) is 0 Å². The molecule has 2 aromatic carbocycles. The first-order chi connectivity index (χ1) is 13.3. The molecule has 0 unspecified atom stereocenters. The van der Waals surface area contributed by atoms with Crippen LogP contribution in [-0.2, 0) is 22.5 Å². The van der Waals surface area contributed by atoms with E-state index >= 15 is 0 Å². The lowest BCUT2D eigenvalue weighted by Crippen LogP contribution is -2.18. The Balaban J connectivity index is 2.37. The van der Waals surface area contributed by atoms with Crippen LogP contribution in [-0.4, -0.2) is 41.2 Å². The number of carbonyl (C=O) groups excluding carboxylic acids is 2. The zero-order valence-electron chi connectivity index (χ0n) is 15.2. The molecule has 8 heteroatoms. The Hall–Kier alpha value is -3.68. The molecule has 146 valence electrons. The van der Waals surface area contributed by atoms with Crippen molar-refractivity contribution in [1.82, 2.24) is 0 Å². The van der Waals surface area contributed by atoms with E-state index in [0.717, 1.165) is 31.2 Å². The summed E-state index contributed by atoms with van der Waals surface area (Å²) in [6.45, 7) is 1.88. The zero-order valence-corrected chi connectivity index (χ0v) is 15.2. The number of ether oxygens (including phenoxy) is 2. The van der Waals surface area contributed by atoms with Crippen LogP contribution in [0.25, 0.3) is 0 Å². The number of hydrogen-bond donors (Lipinski definition) is 2. The third-order valence-corrected chi connectivity index (χ3v) is 4.04. The number of hydrogen-bond acceptors (Lipinski definition) is 6. The maximum Gasteiger partial charge on any atom is 0.339 e. The fraction of sp³-hybridized carbons (Fsp3) is 0.200. The van der Waals surface area contributed by atoms with Crippen molar-refractivity contribution in [1.29, 1.82) is 0 Å². The van der Waals surface area contributed by atoms with E-state index in [9.17, 15) is 29.4 Å². The molecule has 0 amide bonds. The standard InChI is InChI=1S/C20H18O8/c1-3-11-4-6-12(7-5-11)10-28-20(26)16-9-13(17(21)22)15(19(25)27-2)8-14(16)18(23)24/h4-9H,3,10H2,1-2H3,(H,21,22)(H,23,24). The Morgan fingerprint density at radius 1 is 0.786 bits per heavy atom. The highest BCUT2D eigenvalue weighted by molar-refractivity contribution is 6.09. The van der Waals surface area contributed by atoms with E-state index in [1.54, 1.807) is 12.1 Å². The summed E-state index contributed by atoms with van der Waals surface area (Å²) in [5.41, 5.74) is -0.269. The van der Waals surface area contributed by atoms with Crippen LogP contribution in [0.15, 0.2) is 36.4 Å². The molecule has 0 aliphatic carbocycles. The number of carboxylic acids is 2. The fourth-order valence-electron chi connectivity index (χ4n) is 2.50. The van der Waals surface area contributed by atoms with Gasteiger partial charge in [-0.1, -0.05) is 31.2 Å². The zero-order chi connectivity index (χ0) is 20.8. The summed E-state index contributed by atoms with van der Waals surface area (Å²) in [5.74, 6) is -5.07. The van der Waals surface area contributed by atoms with Gasteiger partial charge in [0.15, 0.2) is 0 Å². The number of carbonyl (C=O) groups is 4. The van der Waals surface area contributed by atoms with Gasteiger partial charge < -0.3 is 19.7 Å². The Bertz CT molecular complexity index is 928. The quantitative estimate of drug-likeness (QED) is 0.696. The molecule has 2 aromatic rings. The van der Waals surface area contributed by atoms with Crippen LogP contribution in [0.4, 0.5) is 0 Å². The summed E-state index contributed by atoms with van der Waals surface area (Å²) in [6, 6.07) is 8.89. The molecule has 28 heavy (non-hydrogen) atoms. The second-order valence-electron chi connectivity index (χ2n) is 5.79. The Morgan fingerprint density at radius 3 is 1.68 bits per heavy atom. The lowest BCUT2D eigenvalue weighted by Gasteiger charge is -2.11. The van der Waals surface area contributed by atoms with Gasteiger partial charge in [0.05, 0.1) is 29.4 Å². The second-order valence-corrected chi connectivity index (χ2v) is 5.79. The van der Waals surface area contributed by atoms with Gasteiger partial charge in [-0.2, -0.15) is 0 Å².